The van der Waals surface area contributed by atoms with Gasteiger partial charge in [0.2, 0.25) is 0 Å². The Morgan fingerprint density at radius 2 is 0.885 bits per heavy atom. The maximum atomic E-state index is 6.55. The maximum absolute atomic E-state index is 6.55. The van der Waals surface area contributed by atoms with E-state index in [1.165, 1.54) is 65.2 Å². The normalized spacial score (nSPS) is 16.0. The molecule has 0 aliphatic carbocycles. The monoisotopic (exact) mass is 718 g/mol. The van der Waals surface area contributed by atoms with Crippen molar-refractivity contribution < 1.29 is 18.9 Å². The lowest BCUT2D eigenvalue weighted by Gasteiger charge is -2.26. The van der Waals surface area contributed by atoms with E-state index in [1.54, 1.807) is 0 Å². The number of benzene rings is 6. The molecule has 0 aromatic heterocycles. The van der Waals surface area contributed by atoms with Crippen molar-refractivity contribution in [1.82, 2.24) is 0 Å². The molecule has 258 valence electrons. The lowest BCUT2D eigenvalue weighted by molar-refractivity contribution is 0.319. The second-order valence-corrected chi connectivity index (χ2v) is 18.2. The summed E-state index contributed by atoms with van der Waals surface area (Å²) in [5.74, 6) is 4.22. The Morgan fingerprint density at radius 3 is 1.56 bits per heavy atom. The van der Waals surface area contributed by atoms with Crippen LogP contribution in [0.3, 0.4) is 0 Å². The van der Waals surface area contributed by atoms with Gasteiger partial charge in [-0.05, 0) is 97.3 Å². The molecular weight excluding hydrogens is 678 g/mol. The molecule has 0 bridgehead atoms. The SMILES string of the molecule is c1ccc(P(c2cccc(-c3cc4c(c(P(c5cccc6c5OCC6)c5cccc6c5OCC6)c3)OCC4)c2)c2cccc3c2OCCCC3)cc1. The van der Waals surface area contributed by atoms with Crippen molar-refractivity contribution in [3.63, 3.8) is 0 Å². The van der Waals surface area contributed by atoms with Crippen molar-refractivity contribution in [2.45, 2.75) is 38.5 Å². The molecule has 1 atom stereocenters. The molecule has 0 amide bonds. The van der Waals surface area contributed by atoms with Gasteiger partial charge in [0.1, 0.15) is 23.0 Å². The van der Waals surface area contributed by atoms with Crippen molar-refractivity contribution in [3.05, 3.63) is 144 Å². The summed E-state index contributed by atoms with van der Waals surface area (Å²) in [4.78, 5) is 0. The number of rotatable bonds is 7. The van der Waals surface area contributed by atoms with Crippen LogP contribution in [-0.2, 0) is 25.7 Å². The van der Waals surface area contributed by atoms with Crippen molar-refractivity contribution in [2.75, 3.05) is 26.4 Å². The second-order valence-electron chi connectivity index (χ2n) is 13.9. The first-order valence-corrected chi connectivity index (χ1v) is 21.3. The summed E-state index contributed by atoms with van der Waals surface area (Å²) in [7, 11) is -1.91. The van der Waals surface area contributed by atoms with Crippen LogP contribution in [0, 0.1) is 0 Å². The van der Waals surface area contributed by atoms with E-state index in [2.05, 4.69) is 121 Å². The van der Waals surface area contributed by atoms with Gasteiger partial charge in [0.25, 0.3) is 0 Å². The average molecular weight is 719 g/mol. The van der Waals surface area contributed by atoms with E-state index in [0.717, 1.165) is 81.3 Å². The van der Waals surface area contributed by atoms with Crippen LogP contribution in [0.4, 0.5) is 0 Å². The van der Waals surface area contributed by atoms with E-state index >= 15 is 0 Å². The highest BCUT2D eigenvalue weighted by atomic mass is 31.1. The zero-order valence-corrected chi connectivity index (χ0v) is 30.9. The summed E-state index contributed by atoms with van der Waals surface area (Å²) >= 11 is 0. The minimum atomic E-state index is -1.05. The molecule has 10 rings (SSSR count). The molecule has 4 aliphatic rings. The van der Waals surface area contributed by atoms with Gasteiger partial charge in [0.05, 0.1) is 26.4 Å². The molecule has 0 saturated heterocycles. The van der Waals surface area contributed by atoms with E-state index < -0.39 is 15.8 Å². The first-order valence-electron chi connectivity index (χ1n) is 18.6. The molecule has 6 heteroatoms. The third-order valence-corrected chi connectivity index (χ3v) is 15.7. The Labute approximate surface area is 308 Å². The van der Waals surface area contributed by atoms with Crippen LogP contribution in [0.25, 0.3) is 11.1 Å². The van der Waals surface area contributed by atoms with Crippen molar-refractivity contribution in [3.8, 4) is 34.1 Å². The third kappa shape index (κ3) is 5.69. The molecule has 0 spiro atoms. The molecule has 52 heavy (non-hydrogen) atoms. The van der Waals surface area contributed by atoms with Crippen LogP contribution in [0.1, 0.15) is 35.1 Å². The van der Waals surface area contributed by atoms with E-state index in [9.17, 15) is 0 Å². The summed E-state index contributed by atoms with van der Waals surface area (Å²) in [5.41, 5.74) is 7.63. The standard InChI is InChI=1S/C46H40O4P2/c1-2-15-37(16-3-1)51(39-18-7-11-31-10-4-5-24-47-43(31)39)38-17-6-14-34(29-38)36-28-35-23-27-50-46(35)42(30-36)52(40-19-8-12-32-21-25-48-44(32)40)41-20-9-13-33-22-26-49-45(33)41/h1-3,6-9,11-20,28-30H,4-5,10,21-27H2. The van der Waals surface area contributed by atoms with Crippen molar-refractivity contribution in [2.24, 2.45) is 0 Å². The number of fused-ring (bicyclic) bond motifs is 4. The Balaban J connectivity index is 1.15. The summed E-state index contributed by atoms with van der Waals surface area (Å²) in [5, 5.41) is 7.69. The van der Waals surface area contributed by atoms with Crippen LogP contribution in [-0.4, -0.2) is 26.4 Å². The quantitative estimate of drug-likeness (QED) is 0.162. The van der Waals surface area contributed by atoms with Gasteiger partial charge in [-0.1, -0.05) is 103 Å². The Morgan fingerprint density at radius 1 is 0.346 bits per heavy atom. The first-order chi connectivity index (χ1) is 25.8. The third-order valence-electron chi connectivity index (χ3n) is 10.7. The van der Waals surface area contributed by atoms with Crippen LogP contribution in [0.5, 0.6) is 23.0 Å². The summed E-state index contributed by atoms with van der Waals surface area (Å²) in [6, 6.07) is 45.3. The molecule has 4 heterocycles. The summed E-state index contributed by atoms with van der Waals surface area (Å²) in [6.07, 6.45) is 6.10. The number of ether oxygens (including phenoxy) is 4. The van der Waals surface area contributed by atoms with Gasteiger partial charge in [-0.2, -0.15) is 0 Å². The van der Waals surface area contributed by atoms with Crippen LogP contribution in [0.15, 0.2) is 121 Å². The molecule has 0 fully saturated rings. The van der Waals surface area contributed by atoms with Crippen molar-refractivity contribution in [1.29, 1.82) is 0 Å². The van der Waals surface area contributed by atoms with Gasteiger partial charge in [0.15, 0.2) is 0 Å². The van der Waals surface area contributed by atoms with Gasteiger partial charge in [-0.25, -0.2) is 0 Å². The fourth-order valence-electron chi connectivity index (χ4n) is 8.29. The predicted octanol–water partition coefficient (Wildman–Crippen LogP) is 7.39. The summed E-state index contributed by atoms with van der Waals surface area (Å²) < 4.78 is 25.9. The molecular formula is C46H40O4P2. The molecule has 0 saturated carbocycles. The lowest BCUT2D eigenvalue weighted by atomic mass is 10.0. The molecule has 0 N–H and O–H groups in total. The van der Waals surface area contributed by atoms with Crippen LogP contribution < -0.4 is 50.8 Å². The van der Waals surface area contributed by atoms with E-state index in [4.69, 9.17) is 18.9 Å². The maximum Gasteiger partial charge on any atom is 0.130 e. The molecule has 4 aliphatic heterocycles. The Bertz CT molecular complexity index is 2240. The highest BCUT2D eigenvalue weighted by Crippen LogP contribution is 2.48. The van der Waals surface area contributed by atoms with Crippen molar-refractivity contribution >= 4 is 47.7 Å². The largest absolute Gasteiger partial charge is 0.493 e. The van der Waals surface area contributed by atoms with Gasteiger partial charge in [-0.3, -0.25) is 0 Å². The lowest BCUT2D eigenvalue weighted by Crippen LogP contribution is -2.24. The Kier molecular flexibility index (Phi) is 8.47. The van der Waals surface area contributed by atoms with E-state index in [0.29, 0.717) is 6.61 Å². The van der Waals surface area contributed by atoms with E-state index in [-0.39, 0.29) is 0 Å². The number of para-hydroxylation sites is 3. The summed E-state index contributed by atoms with van der Waals surface area (Å²) in [6.45, 7) is 2.91. The van der Waals surface area contributed by atoms with Gasteiger partial charge in [-0.15, -0.1) is 0 Å². The smallest absolute Gasteiger partial charge is 0.130 e. The zero-order chi connectivity index (χ0) is 34.4. The highest BCUT2D eigenvalue weighted by Gasteiger charge is 2.34. The number of hydrogen-bond donors (Lipinski definition) is 0. The Hall–Kier alpha value is -4.62. The number of aryl methyl sites for hydroxylation is 1. The topological polar surface area (TPSA) is 36.9 Å². The fraction of sp³-hybridized carbons (Fsp3) is 0.217. The highest BCUT2D eigenvalue weighted by molar-refractivity contribution is 7.80. The van der Waals surface area contributed by atoms with Gasteiger partial charge in [0, 0.05) is 40.5 Å². The minimum Gasteiger partial charge on any atom is -0.493 e. The van der Waals surface area contributed by atoms with E-state index in [1.807, 2.05) is 0 Å². The first kappa shape index (κ1) is 32.1. The molecule has 4 nitrogen and oxygen atoms in total. The van der Waals surface area contributed by atoms with Gasteiger partial charge < -0.3 is 18.9 Å². The zero-order valence-electron chi connectivity index (χ0n) is 29.1. The molecule has 0 radical (unpaired) electrons. The fourth-order valence-corrected chi connectivity index (χ4v) is 13.5. The second kappa shape index (κ2) is 13.7. The van der Waals surface area contributed by atoms with Gasteiger partial charge >= 0.3 is 0 Å². The molecule has 1 unspecified atom stereocenters. The van der Waals surface area contributed by atoms with Crippen LogP contribution in [0.2, 0.25) is 0 Å². The average Bonchev–Trinajstić information content (AvgIpc) is 3.95. The predicted molar refractivity (Wildman–Crippen MR) is 215 cm³/mol. The number of hydrogen-bond acceptors (Lipinski definition) is 4. The molecule has 6 aromatic rings. The van der Waals surface area contributed by atoms with Crippen LogP contribution >= 0.6 is 15.8 Å². The minimum absolute atomic E-state index is 0.695. The molecule has 6 aromatic carbocycles.